The molecule has 0 amide bonds. The topological polar surface area (TPSA) is 117 Å². The molecule has 0 fully saturated rings. The molecular weight excluding hydrogens is 302 g/mol. The highest BCUT2D eigenvalue weighted by molar-refractivity contribution is 7.92. The second-order valence-corrected chi connectivity index (χ2v) is 5.82. The molecule has 0 bridgehead atoms. The summed E-state index contributed by atoms with van der Waals surface area (Å²) in [6, 6.07) is 0. The Labute approximate surface area is 122 Å². The van der Waals surface area contributed by atoms with Crippen molar-refractivity contribution >= 4 is 27.6 Å². The Morgan fingerprint density at radius 3 is 2.71 bits per heavy atom. The predicted molar refractivity (Wildman–Crippen MR) is 72.9 cm³/mol. The van der Waals surface area contributed by atoms with Crippen LogP contribution in [0.3, 0.4) is 0 Å². The molecule has 1 heterocycles. The molecular formula is C11H17N3O6S. The Hall–Kier alpha value is -2.10. The number of rotatable bonds is 8. The number of hydrogen-bond acceptors (Lipinski definition) is 7. The summed E-state index contributed by atoms with van der Waals surface area (Å²) in [6.07, 6.45) is 2.36. The largest absolute Gasteiger partial charge is 0.468 e. The van der Waals surface area contributed by atoms with Crippen molar-refractivity contribution in [1.82, 2.24) is 9.78 Å². The van der Waals surface area contributed by atoms with Crippen LogP contribution in [0.4, 0.5) is 5.69 Å². The van der Waals surface area contributed by atoms with E-state index < -0.39 is 27.7 Å². The molecule has 0 saturated carbocycles. The lowest BCUT2D eigenvalue weighted by molar-refractivity contribution is -0.143. The molecule has 0 aliphatic heterocycles. The first kappa shape index (κ1) is 17.0. The first-order valence-electron chi connectivity index (χ1n) is 6.11. The van der Waals surface area contributed by atoms with Crippen LogP contribution in [-0.4, -0.2) is 49.6 Å². The van der Waals surface area contributed by atoms with Crippen molar-refractivity contribution in [3.63, 3.8) is 0 Å². The minimum atomic E-state index is -3.69. The Morgan fingerprint density at radius 1 is 1.38 bits per heavy atom. The van der Waals surface area contributed by atoms with Crippen molar-refractivity contribution in [2.24, 2.45) is 0 Å². The van der Waals surface area contributed by atoms with Gasteiger partial charge < -0.3 is 9.47 Å². The van der Waals surface area contributed by atoms with Gasteiger partial charge >= 0.3 is 11.9 Å². The summed E-state index contributed by atoms with van der Waals surface area (Å²) in [4.78, 5) is 22.2. The number of carbonyl (C=O) groups is 2. The average molecular weight is 319 g/mol. The molecule has 118 valence electrons. The number of hydrogen-bond donors (Lipinski definition) is 1. The summed E-state index contributed by atoms with van der Waals surface area (Å²) in [6.45, 7) is 1.72. The van der Waals surface area contributed by atoms with E-state index in [2.05, 4.69) is 19.3 Å². The third-order valence-electron chi connectivity index (χ3n) is 2.31. The minimum absolute atomic E-state index is 0.124. The van der Waals surface area contributed by atoms with Gasteiger partial charge in [-0.25, -0.2) is 8.42 Å². The lowest BCUT2D eigenvalue weighted by Gasteiger charge is -2.05. The molecule has 0 spiro atoms. The molecule has 0 aliphatic rings. The van der Waals surface area contributed by atoms with Gasteiger partial charge in [-0.05, 0) is 6.92 Å². The van der Waals surface area contributed by atoms with Crippen LogP contribution in [0.5, 0.6) is 0 Å². The fraction of sp³-hybridized carbons (Fsp3) is 0.545. The Bertz CT molecular complexity index is 595. The molecule has 0 aliphatic carbocycles. The third-order valence-corrected chi connectivity index (χ3v) is 3.59. The number of nitrogens with one attached hydrogen (secondary N) is 1. The van der Waals surface area contributed by atoms with Gasteiger partial charge in [-0.1, -0.05) is 0 Å². The van der Waals surface area contributed by atoms with Crippen LogP contribution in [0.1, 0.15) is 13.3 Å². The maximum Gasteiger partial charge on any atom is 0.327 e. The van der Waals surface area contributed by atoms with E-state index in [-0.39, 0.29) is 25.3 Å². The second kappa shape index (κ2) is 7.62. The van der Waals surface area contributed by atoms with Crippen molar-refractivity contribution in [3.8, 4) is 0 Å². The van der Waals surface area contributed by atoms with Crippen LogP contribution < -0.4 is 4.72 Å². The number of nitrogens with zero attached hydrogens (tertiary/aromatic N) is 2. The van der Waals surface area contributed by atoms with Crippen LogP contribution >= 0.6 is 0 Å². The smallest absolute Gasteiger partial charge is 0.327 e. The van der Waals surface area contributed by atoms with Crippen molar-refractivity contribution < 1.29 is 27.5 Å². The normalized spacial score (nSPS) is 11.0. The third kappa shape index (κ3) is 6.25. The van der Waals surface area contributed by atoms with Gasteiger partial charge in [0.2, 0.25) is 10.0 Å². The van der Waals surface area contributed by atoms with Crippen LogP contribution in [0.25, 0.3) is 0 Å². The van der Waals surface area contributed by atoms with E-state index in [1.165, 1.54) is 24.2 Å². The summed E-state index contributed by atoms with van der Waals surface area (Å²) in [5.74, 6) is -1.48. The number of methoxy groups -OCH3 is 1. The van der Waals surface area contributed by atoms with E-state index in [0.29, 0.717) is 0 Å². The molecule has 0 saturated heterocycles. The van der Waals surface area contributed by atoms with Gasteiger partial charge in [0.25, 0.3) is 0 Å². The van der Waals surface area contributed by atoms with Gasteiger partial charge in [-0.2, -0.15) is 5.10 Å². The molecule has 1 N–H and O–H groups in total. The van der Waals surface area contributed by atoms with Gasteiger partial charge in [-0.3, -0.25) is 19.0 Å². The van der Waals surface area contributed by atoms with E-state index in [4.69, 9.17) is 0 Å². The number of esters is 2. The van der Waals surface area contributed by atoms with Gasteiger partial charge in [0.15, 0.2) is 0 Å². The van der Waals surface area contributed by atoms with Gasteiger partial charge in [0.1, 0.15) is 6.54 Å². The standard InChI is InChI=1S/C11H17N3O6S/c1-3-20-10(15)4-5-21(17,18)13-9-6-12-14(7-9)8-11(16)19-2/h6-7,13H,3-5,8H2,1-2H3. The number of sulfonamides is 1. The monoisotopic (exact) mass is 319 g/mol. The highest BCUT2D eigenvalue weighted by Crippen LogP contribution is 2.08. The fourth-order valence-corrected chi connectivity index (χ4v) is 2.38. The summed E-state index contributed by atoms with van der Waals surface area (Å²) >= 11 is 0. The number of anilines is 1. The Balaban J connectivity index is 2.55. The summed E-state index contributed by atoms with van der Waals surface area (Å²) in [5, 5.41) is 3.81. The Morgan fingerprint density at radius 2 is 2.10 bits per heavy atom. The fourth-order valence-electron chi connectivity index (χ4n) is 1.38. The maximum atomic E-state index is 11.7. The zero-order chi connectivity index (χ0) is 15.9. The van der Waals surface area contributed by atoms with Crippen molar-refractivity contribution in [2.75, 3.05) is 24.2 Å². The molecule has 21 heavy (non-hydrogen) atoms. The molecule has 0 radical (unpaired) electrons. The molecule has 0 aromatic carbocycles. The van der Waals surface area contributed by atoms with Crippen LogP contribution in [0, 0.1) is 0 Å². The van der Waals surface area contributed by atoms with E-state index in [9.17, 15) is 18.0 Å². The summed E-state index contributed by atoms with van der Waals surface area (Å²) < 4.78 is 36.1. The zero-order valence-electron chi connectivity index (χ0n) is 11.7. The lowest BCUT2D eigenvalue weighted by atomic mass is 10.5. The molecule has 9 nitrogen and oxygen atoms in total. The second-order valence-electron chi connectivity index (χ2n) is 3.98. The van der Waals surface area contributed by atoms with Gasteiger partial charge in [0.05, 0.1) is 37.8 Å². The molecule has 0 unspecified atom stereocenters. The maximum absolute atomic E-state index is 11.7. The van der Waals surface area contributed by atoms with Crippen molar-refractivity contribution in [1.29, 1.82) is 0 Å². The van der Waals surface area contributed by atoms with Crippen molar-refractivity contribution in [3.05, 3.63) is 12.4 Å². The van der Waals surface area contributed by atoms with E-state index in [0.717, 1.165) is 0 Å². The highest BCUT2D eigenvalue weighted by Gasteiger charge is 2.15. The quantitative estimate of drug-likeness (QED) is 0.657. The van der Waals surface area contributed by atoms with Gasteiger partial charge in [0, 0.05) is 6.20 Å². The SMILES string of the molecule is CCOC(=O)CCS(=O)(=O)Nc1cnn(CC(=O)OC)c1. The molecule has 10 heteroatoms. The van der Waals surface area contributed by atoms with Crippen LogP contribution in [0.2, 0.25) is 0 Å². The zero-order valence-corrected chi connectivity index (χ0v) is 12.6. The molecule has 0 atom stereocenters. The first-order chi connectivity index (χ1) is 9.86. The average Bonchev–Trinajstić information content (AvgIpc) is 2.83. The van der Waals surface area contributed by atoms with E-state index in [1.807, 2.05) is 0 Å². The predicted octanol–water partition coefficient (Wildman–Crippen LogP) is -0.249. The number of ether oxygens (including phenoxy) is 2. The summed E-state index contributed by atoms with van der Waals surface area (Å²) in [7, 11) is -2.45. The summed E-state index contributed by atoms with van der Waals surface area (Å²) in [5.41, 5.74) is 0.197. The molecule has 1 aromatic rings. The van der Waals surface area contributed by atoms with Crippen LogP contribution in [0.15, 0.2) is 12.4 Å². The molecule has 1 aromatic heterocycles. The number of aromatic nitrogens is 2. The number of carbonyl (C=O) groups excluding carboxylic acids is 2. The highest BCUT2D eigenvalue weighted by atomic mass is 32.2. The molecule has 1 rings (SSSR count). The van der Waals surface area contributed by atoms with E-state index >= 15 is 0 Å². The van der Waals surface area contributed by atoms with Gasteiger partial charge in [-0.15, -0.1) is 0 Å². The lowest BCUT2D eigenvalue weighted by Crippen LogP contribution is -2.19. The first-order valence-corrected chi connectivity index (χ1v) is 7.77. The van der Waals surface area contributed by atoms with Crippen LogP contribution in [-0.2, 0) is 35.6 Å². The Kier molecular flexibility index (Phi) is 6.15. The van der Waals surface area contributed by atoms with E-state index in [1.54, 1.807) is 6.92 Å². The minimum Gasteiger partial charge on any atom is -0.468 e. The van der Waals surface area contributed by atoms with Crippen molar-refractivity contribution in [2.45, 2.75) is 19.9 Å².